The lowest BCUT2D eigenvalue weighted by Gasteiger charge is -2.29. The summed E-state index contributed by atoms with van der Waals surface area (Å²) >= 11 is 4.20. The molecule has 1 aromatic carbocycles. The number of benzene rings is 1. The summed E-state index contributed by atoms with van der Waals surface area (Å²) in [6, 6.07) is 3.80. The molecule has 10 nitrogen and oxygen atoms in total. The molecule has 1 aromatic heterocycles. The fourth-order valence-corrected chi connectivity index (χ4v) is 4.50. The first-order chi connectivity index (χ1) is 16.6. The van der Waals surface area contributed by atoms with Crippen molar-refractivity contribution in [1.82, 2.24) is 20.5 Å². The van der Waals surface area contributed by atoms with E-state index in [0.717, 1.165) is 16.5 Å². The Bertz CT molecular complexity index is 1090. The molecule has 3 rings (SSSR count). The number of thiol groups is 1. The number of para-hydroxylation sites is 1. The van der Waals surface area contributed by atoms with E-state index in [2.05, 4.69) is 28.2 Å². The minimum Gasteiger partial charge on any atom is -0.480 e. The summed E-state index contributed by atoms with van der Waals surface area (Å²) in [6.45, 7) is 3.89. The van der Waals surface area contributed by atoms with E-state index in [-0.39, 0.29) is 18.1 Å². The number of carboxylic acids is 1. The van der Waals surface area contributed by atoms with Crippen LogP contribution >= 0.6 is 12.6 Å². The number of fused-ring (bicyclic) bond motifs is 1. The van der Waals surface area contributed by atoms with Crippen LogP contribution in [-0.4, -0.2) is 75.1 Å². The lowest BCUT2D eigenvalue weighted by atomic mass is 10.0. The Labute approximate surface area is 209 Å². The summed E-state index contributed by atoms with van der Waals surface area (Å²) in [7, 11) is 0. The summed E-state index contributed by atoms with van der Waals surface area (Å²) in [6.07, 6.45) is 2.85. The summed E-state index contributed by atoms with van der Waals surface area (Å²) in [4.78, 5) is 55.2. The smallest absolute Gasteiger partial charge is 0.326 e. The summed E-state index contributed by atoms with van der Waals surface area (Å²) < 4.78 is 0. The van der Waals surface area contributed by atoms with Gasteiger partial charge in [0.05, 0.1) is 6.04 Å². The maximum Gasteiger partial charge on any atom is 0.326 e. The summed E-state index contributed by atoms with van der Waals surface area (Å²) in [5.74, 6) is -2.75. The molecule has 1 aliphatic heterocycles. The second-order valence-electron chi connectivity index (χ2n) is 9.17. The molecule has 4 unspecified atom stereocenters. The quantitative estimate of drug-likeness (QED) is 0.262. The molecule has 1 fully saturated rings. The average Bonchev–Trinajstić information content (AvgIpc) is 3.48. The number of hydrogen-bond acceptors (Lipinski definition) is 6. The summed E-state index contributed by atoms with van der Waals surface area (Å²) in [5, 5.41) is 15.8. The first-order valence-electron chi connectivity index (χ1n) is 11.7. The van der Waals surface area contributed by atoms with E-state index in [4.69, 9.17) is 5.73 Å². The van der Waals surface area contributed by atoms with Crippen molar-refractivity contribution in [3.05, 3.63) is 36.0 Å². The van der Waals surface area contributed by atoms with Crippen molar-refractivity contribution in [2.75, 3.05) is 12.3 Å². The van der Waals surface area contributed by atoms with Gasteiger partial charge in [0.2, 0.25) is 17.7 Å². The number of carbonyl (C=O) groups is 4. The second-order valence-corrected chi connectivity index (χ2v) is 9.53. The maximum absolute atomic E-state index is 13.5. The predicted molar refractivity (Wildman–Crippen MR) is 135 cm³/mol. The third-order valence-corrected chi connectivity index (χ3v) is 6.74. The zero-order chi connectivity index (χ0) is 25.7. The Morgan fingerprint density at radius 3 is 2.51 bits per heavy atom. The number of H-pyrrole nitrogens is 1. The number of carboxylic acid groups (broad SMARTS) is 1. The van der Waals surface area contributed by atoms with E-state index < -0.39 is 47.9 Å². The van der Waals surface area contributed by atoms with Crippen molar-refractivity contribution in [2.24, 2.45) is 11.7 Å². The van der Waals surface area contributed by atoms with Crippen molar-refractivity contribution < 1.29 is 24.3 Å². The number of nitrogens with one attached hydrogen (secondary N) is 3. The van der Waals surface area contributed by atoms with Crippen molar-refractivity contribution in [2.45, 2.75) is 57.3 Å². The van der Waals surface area contributed by atoms with Crippen LogP contribution in [0.1, 0.15) is 32.3 Å². The molecular weight excluding hydrogens is 470 g/mol. The Kier molecular flexibility index (Phi) is 8.79. The van der Waals surface area contributed by atoms with Gasteiger partial charge in [-0.25, -0.2) is 4.79 Å². The highest BCUT2D eigenvalue weighted by Crippen LogP contribution is 2.23. The lowest BCUT2D eigenvalue weighted by molar-refractivity contribution is -0.149. The molecule has 11 heteroatoms. The van der Waals surface area contributed by atoms with Gasteiger partial charge in [0, 0.05) is 35.8 Å². The van der Waals surface area contributed by atoms with E-state index in [0.29, 0.717) is 19.4 Å². The molecule has 1 saturated heterocycles. The summed E-state index contributed by atoms with van der Waals surface area (Å²) in [5.41, 5.74) is 7.58. The standard InChI is InChI=1S/C24H33N5O5S/c1-13(2)20(25)22(31)28-18(12-35)21(30)27-17(23(32)29-9-5-8-19(29)24(33)34)10-14-11-26-16-7-4-3-6-15(14)16/h3-4,6-7,11,13,17-20,26,35H,5,8-10,12,25H2,1-2H3,(H,27,30)(H,28,31)(H,33,34). The van der Waals surface area contributed by atoms with Crippen LogP contribution in [0.5, 0.6) is 0 Å². The average molecular weight is 504 g/mol. The fraction of sp³-hybridized carbons (Fsp3) is 0.500. The van der Waals surface area contributed by atoms with Crippen LogP contribution in [-0.2, 0) is 25.6 Å². The number of aromatic nitrogens is 1. The number of carbonyl (C=O) groups excluding carboxylic acids is 3. The number of nitrogens with two attached hydrogens (primary N) is 1. The Morgan fingerprint density at radius 2 is 1.86 bits per heavy atom. The van der Waals surface area contributed by atoms with Crippen LogP contribution < -0.4 is 16.4 Å². The number of aliphatic carboxylic acids is 1. The molecule has 2 heterocycles. The number of likely N-dealkylation sites (tertiary alicyclic amines) is 1. The zero-order valence-corrected chi connectivity index (χ0v) is 20.8. The topological polar surface area (TPSA) is 158 Å². The number of amides is 3. The molecule has 1 aliphatic rings. The highest BCUT2D eigenvalue weighted by molar-refractivity contribution is 7.80. The van der Waals surface area contributed by atoms with Gasteiger partial charge in [-0.2, -0.15) is 12.6 Å². The molecule has 0 saturated carbocycles. The normalized spacial score (nSPS) is 18.3. The number of rotatable bonds is 10. The highest BCUT2D eigenvalue weighted by atomic mass is 32.1. The predicted octanol–water partition coefficient (Wildman–Crippen LogP) is 0.669. The van der Waals surface area contributed by atoms with Crippen LogP contribution in [0.2, 0.25) is 0 Å². The third-order valence-electron chi connectivity index (χ3n) is 6.37. The zero-order valence-electron chi connectivity index (χ0n) is 19.9. The molecule has 0 aliphatic carbocycles. The maximum atomic E-state index is 13.5. The van der Waals surface area contributed by atoms with Gasteiger partial charge in [0.15, 0.2) is 0 Å². The third kappa shape index (κ3) is 6.15. The molecule has 0 spiro atoms. The molecule has 6 N–H and O–H groups in total. The van der Waals surface area contributed by atoms with E-state index in [9.17, 15) is 24.3 Å². The first-order valence-corrected chi connectivity index (χ1v) is 12.3. The molecule has 0 radical (unpaired) electrons. The second kappa shape index (κ2) is 11.6. The minimum atomic E-state index is -1.07. The largest absolute Gasteiger partial charge is 0.480 e. The van der Waals surface area contributed by atoms with Gasteiger partial charge in [0.25, 0.3) is 0 Å². The molecule has 3 amide bonds. The minimum absolute atomic E-state index is 0.00213. The van der Waals surface area contributed by atoms with Gasteiger partial charge >= 0.3 is 5.97 Å². The van der Waals surface area contributed by atoms with Crippen LogP contribution in [0.15, 0.2) is 30.5 Å². The van der Waals surface area contributed by atoms with Gasteiger partial charge < -0.3 is 31.4 Å². The number of nitrogens with zero attached hydrogens (tertiary/aromatic N) is 1. The fourth-order valence-electron chi connectivity index (χ4n) is 4.24. The van der Waals surface area contributed by atoms with Crippen molar-refractivity contribution in [3.63, 3.8) is 0 Å². The van der Waals surface area contributed by atoms with E-state index in [1.54, 1.807) is 20.0 Å². The van der Waals surface area contributed by atoms with Crippen LogP contribution in [0.3, 0.4) is 0 Å². The van der Waals surface area contributed by atoms with Crippen molar-refractivity contribution in [1.29, 1.82) is 0 Å². The Hall–Kier alpha value is -3.05. The van der Waals surface area contributed by atoms with Gasteiger partial charge in [-0.3, -0.25) is 14.4 Å². The molecule has 35 heavy (non-hydrogen) atoms. The van der Waals surface area contributed by atoms with E-state index in [1.165, 1.54) is 4.90 Å². The van der Waals surface area contributed by atoms with Gasteiger partial charge in [0.1, 0.15) is 18.1 Å². The van der Waals surface area contributed by atoms with Crippen molar-refractivity contribution >= 4 is 47.2 Å². The first kappa shape index (κ1) is 26.6. The molecule has 2 aromatic rings. The number of hydrogen-bond donors (Lipinski definition) is 6. The van der Waals surface area contributed by atoms with Crippen molar-refractivity contribution in [3.8, 4) is 0 Å². The lowest BCUT2D eigenvalue weighted by Crippen LogP contribution is -2.58. The monoisotopic (exact) mass is 503 g/mol. The van der Waals surface area contributed by atoms with Crippen LogP contribution in [0, 0.1) is 5.92 Å². The van der Waals surface area contributed by atoms with E-state index >= 15 is 0 Å². The van der Waals surface area contributed by atoms with Crippen LogP contribution in [0.4, 0.5) is 0 Å². The van der Waals surface area contributed by atoms with E-state index in [1.807, 2.05) is 24.3 Å². The number of aromatic amines is 1. The van der Waals surface area contributed by atoms with Gasteiger partial charge in [-0.15, -0.1) is 0 Å². The Morgan fingerprint density at radius 1 is 1.17 bits per heavy atom. The molecule has 190 valence electrons. The SMILES string of the molecule is CC(C)C(N)C(=O)NC(CS)C(=O)NC(Cc1c[nH]c2ccccc12)C(=O)N1CCCC1C(=O)O. The van der Waals surface area contributed by atoms with Crippen LogP contribution in [0.25, 0.3) is 10.9 Å². The Balaban J connectivity index is 1.84. The molecule has 4 atom stereocenters. The molecular formula is C24H33N5O5S. The van der Waals surface area contributed by atoms with Gasteiger partial charge in [-0.05, 0) is 30.4 Å². The highest BCUT2D eigenvalue weighted by Gasteiger charge is 2.38. The molecule has 0 bridgehead atoms. The van der Waals surface area contributed by atoms with Gasteiger partial charge in [-0.1, -0.05) is 32.0 Å².